The Morgan fingerprint density at radius 1 is 1.15 bits per heavy atom. The number of aromatic nitrogens is 1. The third kappa shape index (κ3) is 5.04. The molecule has 2 aromatic rings. The lowest BCUT2D eigenvalue weighted by atomic mass is 10.1. The van der Waals surface area contributed by atoms with Crippen molar-refractivity contribution in [2.45, 2.75) is 38.8 Å². The van der Waals surface area contributed by atoms with Gasteiger partial charge in [0.2, 0.25) is 5.91 Å². The molecule has 1 amide bonds. The monoisotopic (exact) mass is 371 g/mol. The highest BCUT2D eigenvalue weighted by molar-refractivity contribution is 5.75. The molecule has 1 aliphatic rings. The number of nitrogens with zero attached hydrogens (tertiary/aromatic N) is 2. The van der Waals surface area contributed by atoms with Gasteiger partial charge in [-0.25, -0.2) is 4.39 Å². The number of nitrogens with one attached hydrogen (secondary N) is 1. The van der Waals surface area contributed by atoms with Crippen LogP contribution in [-0.4, -0.2) is 35.0 Å². The van der Waals surface area contributed by atoms with Crippen LogP contribution in [-0.2, 0) is 11.3 Å². The van der Waals surface area contributed by atoms with Gasteiger partial charge in [0.15, 0.2) is 0 Å². The van der Waals surface area contributed by atoms with Gasteiger partial charge in [0.25, 0.3) is 5.56 Å². The molecule has 5 nitrogen and oxygen atoms in total. The summed E-state index contributed by atoms with van der Waals surface area (Å²) in [7, 11) is 0. The molecule has 27 heavy (non-hydrogen) atoms. The number of benzene rings is 1. The van der Waals surface area contributed by atoms with Gasteiger partial charge in [0.05, 0.1) is 6.04 Å². The highest BCUT2D eigenvalue weighted by Gasteiger charge is 2.24. The standard InChI is InChI=1S/C21H26FN3O2/c1-16-5-4-6-21(27)25(16)14-11-20(26)23-15-19(24-12-2-3-13-24)17-7-9-18(22)10-8-17/h4-10,19H,2-3,11-15H2,1H3,(H,23,26)/t19-/m1/s1. The molecule has 1 saturated heterocycles. The lowest BCUT2D eigenvalue weighted by molar-refractivity contribution is -0.121. The molecule has 0 bridgehead atoms. The molecule has 1 aromatic heterocycles. The smallest absolute Gasteiger partial charge is 0.250 e. The van der Waals surface area contributed by atoms with Crippen molar-refractivity contribution in [3.8, 4) is 0 Å². The maximum atomic E-state index is 13.3. The van der Waals surface area contributed by atoms with Gasteiger partial charge in [0.1, 0.15) is 5.82 Å². The molecule has 1 aliphatic heterocycles. The Morgan fingerprint density at radius 2 is 1.85 bits per heavy atom. The second-order valence-corrected chi connectivity index (χ2v) is 7.02. The summed E-state index contributed by atoms with van der Waals surface area (Å²) < 4.78 is 14.9. The predicted molar refractivity (Wildman–Crippen MR) is 103 cm³/mol. The number of rotatable bonds is 7. The molecule has 1 atom stereocenters. The molecule has 0 aliphatic carbocycles. The highest BCUT2D eigenvalue weighted by Crippen LogP contribution is 2.24. The summed E-state index contributed by atoms with van der Waals surface area (Å²) in [6, 6.07) is 11.6. The van der Waals surface area contributed by atoms with Crippen molar-refractivity contribution < 1.29 is 9.18 Å². The first-order valence-electron chi connectivity index (χ1n) is 9.47. The Hall–Kier alpha value is -2.47. The van der Waals surface area contributed by atoms with Gasteiger partial charge in [0, 0.05) is 31.3 Å². The van der Waals surface area contributed by atoms with E-state index in [1.54, 1.807) is 22.8 Å². The molecule has 0 spiro atoms. The van der Waals surface area contributed by atoms with Crippen molar-refractivity contribution in [1.29, 1.82) is 0 Å². The van der Waals surface area contributed by atoms with Crippen LogP contribution < -0.4 is 10.9 Å². The Bertz CT molecular complexity index is 826. The van der Waals surface area contributed by atoms with Gasteiger partial charge in [-0.1, -0.05) is 18.2 Å². The minimum Gasteiger partial charge on any atom is -0.354 e. The summed E-state index contributed by atoms with van der Waals surface area (Å²) in [5.41, 5.74) is 1.76. The average Bonchev–Trinajstić information content (AvgIpc) is 3.17. The highest BCUT2D eigenvalue weighted by atomic mass is 19.1. The first-order valence-corrected chi connectivity index (χ1v) is 9.47. The summed E-state index contributed by atoms with van der Waals surface area (Å²) in [6.45, 7) is 4.67. The van der Waals surface area contributed by atoms with Crippen molar-refractivity contribution in [3.63, 3.8) is 0 Å². The SMILES string of the molecule is Cc1cccc(=O)n1CCC(=O)NC[C@H](c1ccc(F)cc1)N1CCCC1. The fourth-order valence-corrected chi connectivity index (χ4v) is 3.62. The minimum absolute atomic E-state index is 0.0400. The Kier molecular flexibility index (Phi) is 6.40. The number of amides is 1. The maximum absolute atomic E-state index is 13.3. The Labute approximate surface area is 158 Å². The number of carbonyl (C=O) groups excluding carboxylic acids is 1. The summed E-state index contributed by atoms with van der Waals surface area (Å²) >= 11 is 0. The summed E-state index contributed by atoms with van der Waals surface area (Å²) in [5.74, 6) is -0.344. The molecule has 144 valence electrons. The van der Waals surface area contributed by atoms with Gasteiger partial charge in [-0.15, -0.1) is 0 Å². The van der Waals surface area contributed by atoms with E-state index in [2.05, 4.69) is 10.2 Å². The van der Waals surface area contributed by atoms with E-state index >= 15 is 0 Å². The molecular weight excluding hydrogens is 345 g/mol. The van der Waals surface area contributed by atoms with Gasteiger partial charge in [-0.3, -0.25) is 14.5 Å². The molecule has 0 radical (unpaired) electrons. The average molecular weight is 371 g/mol. The van der Waals surface area contributed by atoms with Gasteiger partial charge in [-0.2, -0.15) is 0 Å². The molecular formula is C21H26FN3O2. The number of likely N-dealkylation sites (tertiary alicyclic amines) is 1. The number of pyridine rings is 1. The zero-order valence-corrected chi connectivity index (χ0v) is 15.7. The van der Waals surface area contributed by atoms with E-state index in [1.807, 2.05) is 13.0 Å². The third-order valence-corrected chi connectivity index (χ3v) is 5.16. The topological polar surface area (TPSA) is 54.3 Å². The second-order valence-electron chi connectivity index (χ2n) is 7.02. The molecule has 3 rings (SSSR count). The van der Waals surface area contributed by atoms with Crippen molar-refractivity contribution in [2.24, 2.45) is 0 Å². The number of carbonyl (C=O) groups is 1. The van der Waals surface area contributed by atoms with Crippen molar-refractivity contribution >= 4 is 5.91 Å². The normalized spacial score (nSPS) is 15.6. The summed E-state index contributed by atoms with van der Waals surface area (Å²) in [4.78, 5) is 26.6. The number of halogens is 1. The van der Waals surface area contributed by atoms with Crippen LogP contribution in [0.25, 0.3) is 0 Å². The quantitative estimate of drug-likeness (QED) is 0.814. The predicted octanol–water partition coefficient (Wildman–Crippen LogP) is 2.64. The maximum Gasteiger partial charge on any atom is 0.250 e. The van der Waals surface area contributed by atoms with Crippen molar-refractivity contribution in [1.82, 2.24) is 14.8 Å². The fraction of sp³-hybridized carbons (Fsp3) is 0.429. The molecule has 6 heteroatoms. The summed E-state index contributed by atoms with van der Waals surface area (Å²) in [5, 5.41) is 2.99. The first kappa shape index (κ1) is 19.3. The number of hydrogen-bond donors (Lipinski definition) is 1. The van der Waals surface area contributed by atoms with Crippen LogP contribution in [0.3, 0.4) is 0 Å². The van der Waals surface area contributed by atoms with Crippen LogP contribution in [0.15, 0.2) is 47.3 Å². The van der Waals surface area contributed by atoms with E-state index in [9.17, 15) is 14.0 Å². The zero-order valence-electron chi connectivity index (χ0n) is 15.7. The molecule has 1 fully saturated rings. The van der Waals surface area contributed by atoms with Crippen LogP contribution in [0.2, 0.25) is 0 Å². The molecule has 1 N–H and O–H groups in total. The second kappa shape index (κ2) is 8.95. The Balaban J connectivity index is 1.60. The van der Waals surface area contributed by atoms with Crippen LogP contribution >= 0.6 is 0 Å². The van der Waals surface area contributed by atoms with Crippen LogP contribution in [0.1, 0.15) is 36.6 Å². The molecule has 0 unspecified atom stereocenters. The number of aryl methyl sites for hydroxylation is 1. The minimum atomic E-state index is -0.258. The zero-order chi connectivity index (χ0) is 19.2. The van der Waals surface area contributed by atoms with E-state index in [-0.39, 0.29) is 29.7 Å². The van der Waals surface area contributed by atoms with Crippen LogP contribution in [0.5, 0.6) is 0 Å². The molecule has 0 saturated carbocycles. The van der Waals surface area contributed by atoms with Gasteiger partial charge < -0.3 is 9.88 Å². The molecule has 1 aromatic carbocycles. The summed E-state index contributed by atoms with van der Waals surface area (Å²) in [6.07, 6.45) is 2.53. The van der Waals surface area contributed by atoms with E-state index in [1.165, 1.54) is 18.2 Å². The van der Waals surface area contributed by atoms with Crippen molar-refractivity contribution in [3.05, 3.63) is 69.9 Å². The number of hydrogen-bond acceptors (Lipinski definition) is 3. The first-order chi connectivity index (χ1) is 13.0. The third-order valence-electron chi connectivity index (χ3n) is 5.16. The van der Waals surface area contributed by atoms with E-state index in [4.69, 9.17) is 0 Å². The van der Waals surface area contributed by atoms with Gasteiger partial charge in [-0.05, 0) is 56.6 Å². The van der Waals surface area contributed by atoms with E-state index in [0.29, 0.717) is 13.1 Å². The van der Waals surface area contributed by atoms with Crippen LogP contribution in [0, 0.1) is 12.7 Å². The van der Waals surface area contributed by atoms with E-state index < -0.39 is 0 Å². The fourth-order valence-electron chi connectivity index (χ4n) is 3.62. The lowest BCUT2D eigenvalue weighted by Crippen LogP contribution is -2.37. The largest absolute Gasteiger partial charge is 0.354 e. The van der Waals surface area contributed by atoms with Crippen molar-refractivity contribution in [2.75, 3.05) is 19.6 Å². The van der Waals surface area contributed by atoms with Gasteiger partial charge >= 0.3 is 0 Å². The van der Waals surface area contributed by atoms with E-state index in [0.717, 1.165) is 37.2 Å². The lowest BCUT2D eigenvalue weighted by Gasteiger charge is -2.28. The Morgan fingerprint density at radius 3 is 2.52 bits per heavy atom. The van der Waals surface area contributed by atoms with Crippen LogP contribution in [0.4, 0.5) is 4.39 Å². The molecule has 2 heterocycles.